The van der Waals surface area contributed by atoms with E-state index in [2.05, 4.69) is 72.6 Å². The van der Waals surface area contributed by atoms with Gasteiger partial charge in [-0.2, -0.15) is 0 Å². The van der Waals surface area contributed by atoms with Gasteiger partial charge in [0.2, 0.25) is 0 Å². The van der Waals surface area contributed by atoms with Crippen molar-refractivity contribution in [2.45, 2.75) is 19.9 Å². The summed E-state index contributed by atoms with van der Waals surface area (Å²) >= 11 is 0. The molecule has 41 heavy (non-hydrogen) atoms. The molecule has 210 valence electrons. The lowest BCUT2D eigenvalue weighted by molar-refractivity contribution is 0.0598. The highest BCUT2D eigenvalue weighted by Gasteiger charge is 2.29. The summed E-state index contributed by atoms with van der Waals surface area (Å²) in [6.45, 7) is 7.33. The lowest BCUT2D eigenvalue weighted by atomic mass is 9.96. The molecule has 1 N–H and O–H groups in total. The van der Waals surface area contributed by atoms with Crippen LogP contribution in [0.5, 0.6) is 5.75 Å². The van der Waals surface area contributed by atoms with Crippen LogP contribution in [-0.2, 0) is 0 Å². The number of nitrogens with one attached hydrogen (secondary N) is 1. The molecule has 0 atom stereocenters. The number of hydrogen-bond donors (Lipinski definition) is 1. The maximum absolute atomic E-state index is 13.7. The first kappa shape index (κ1) is 28.1. The van der Waals surface area contributed by atoms with E-state index in [0.717, 1.165) is 13.1 Å². The van der Waals surface area contributed by atoms with Crippen LogP contribution in [0.1, 0.15) is 51.7 Å². The van der Waals surface area contributed by atoms with E-state index < -0.39 is 0 Å². The first-order chi connectivity index (χ1) is 20.0. The predicted molar refractivity (Wildman–Crippen MR) is 163 cm³/mol. The van der Waals surface area contributed by atoms with Crippen LogP contribution in [0, 0.1) is 5.92 Å². The molecular weight excluding hydrogens is 510 g/mol. The molecule has 0 spiro atoms. The minimum Gasteiger partial charge on any atom is -0.492 e. The second-order valence-corrected chi connectivity index (χ2v) is 10.8. The Morgan fingerprint density at radius 1 is 0.707 bits per heavy atom. The van der Waals surface area contributed by atoms with Crippen molar-refractivity contribution in [1.82, 2.24) is 9.80 Å². The van der Waals surface area contributed by atoms with Gasteiger partial charge >= 0.3 is 0 Å². The summed E-state index contributed by atoms with van der Waals surface area (Å²) in [6, 6.07) is 35.6. The summed E-state index contributed by atoms with van der Waals surface area (Å²) in [5.74, 6) is 0.481. The maximum Gasteiger partial charge on any atom is 0.259 e. The lowest BCUT2D eigenvalue weighted by Crippen LogP contribution is -2.50. The Morgan fingerprint density at radius 2 is 1.24 bits per heavy atom. The van der Waals surface area contributed by atoms with Crippen LogP contribution in [0.2, 0.25) is 0 Å². The fourth-order valence-corrected chi connectivity index (χ4v) is 5.24. The monoisotopic (exact) mass is 547 g/mol. The number of carbonyl (C=O) groups excluding carboxylic acids is 2. The summed E-state index contributed by atoms with van der Waals surface area (Å²) in [5.41, 5.74) is 3.90. The van der Waals surface area contributed by atoms with Gasteiger partial charge in [0, 0.05) is 26.2 Å². The third kappa shape index (κ3) is 6.84. The Balaban J connectivity index is 1.29. The third-order valence-electron chi connectivity index (χ3n) is 7.31. The molecule has 4 aromatic carbocycles. The number of nitrogens with zero attached hydrogens (tertiary/aromatic N) is 2. The molecule has 0 aromatic heterocycles. The Bertz CT molecular complexity index is 1410. The molecule has 0 unspecified atom stereocenters. The summed E-state index contributed by atoms with van der Waals surface area (Å²) in [4.78, 5) is 31.4. The quantitative estimate of drug-likeness (QED) is 0.259. The minimum atomic E-state index is -0.303. The first-order valence-electron chi connectivity index (χ1n) is 14.3. The Labute approximate surface area is 242 Å². The van der Waals surface area contributed by atoms with E-state index >= 15 is 0 Å². The van der Waals surface area contributed by atoms with Crippen molar-refractivity contribution >= 4 is 17.5 Å². The van der Waals surface area contributed by atoms with Gasteiger partial charge in [0.05, 0.1) is 29.5 Å². The van der Waals surface area contributed by atoms with Crippen LogP contribution in [-0.4, -0.2) is 54.4 Å². The number of rotatable bonds is 9. The van der Waals surface area contributed by atoms with Gasteiger partial charge in [-0.25, -0.2) is 0 Å². The molecule has 0 radical (unpaired) electrons. The predicted octanol–water partition coefficient (Wildman–Crippen LogP) is 6.52. The van der Waals surface area contributed by atoms with E-state index in [4.69, 9.17) is 4.74 Å². The molecule has 0 saturated carbocycles. The lowest BCUT2D eigenvalue weighted by Gasteiger charge is -2.40. The largest absolute Gasteiger partial charge is 0.492 e. The average molecular weight is 548 g/mol. The standard InChI is InChI=1S/C35H37N3O3/c1-26(2)25-41-32-20-12-10-18-30(32)34(39)36-31-19-11-9-17-29(31)35(40)38-23-21-37(22-24-38)33(27-13-5-3-6-14-27)28-15-7-4-8-16-28/h3-20,26,33H,21-25H2,1-2H3,(H,36,39). The smallest absolute Gasteiger partial charge is 0.259 e. The van der Waals surface area contributed by atoms with E-state index in [1.54, 1.807) is 24.3 Å². The molecule has 4 aromatic rings. The van der Waals surface area contributed by atoms with E-state index in [-0.39, 0.29) is 17.9 Å². The van der Waals surface area contributed by atoms with Crippen molar-refractivity contribution in [2.24, 2.45) is 5.92 Å². The molecule has 0 bridgehead atoms. The molecule has 6 heteroatoms. The molecule has 5 rings (SSSR count). The molecule has 1 heterocycles. The average Bonchev–Trinajstić information content (AvgIpc) is 3.01. The van der Waals surface area contributed by atoms with Crippen LogP contribution in [0.15, 0.2) is 109 Å². The van der Waals surface area contributed by atoms with Gasteiger partial charge in [0.15, 0.2) is 0 Å². The highest BCUT2D eigenvalue weighted by atomic mass is 16.5. The fraction of sp³-hybridized carbons (Fsp3) is 0.257. The summed E-state index contributed by atoms with van der Waals surface area (Å²) in [6.07, 6.45) is 0. The van der Waals surface area contributed by atoms with Gasteiger partial charge < -0.3 is 15.0 Å². The topological polar surface area (TPSA) is 61.9 Å². The highest BCUT2D eigenvalue weighted by Crippen LogP contribution is 2.30. The molecule has 6 nitrogen and oxygen atoms in total. The van der Waals surface area contributed by atoms with Crippen molar-refractivity contribution in [3.8, 4) is 5.75 Å². The van der Waals surface area contributed by atoms with Gasteiger partial charge in [-0.3, -0.25) is 14.5 Å². The zero-order valence-electron chi connectivity index (χ0n) is 23.7. The van der Waals surface area contributed by atoms with Gasteiger partial charge in [-0.05, 0) is 41.3 Å². The molecule has 1 aliphatic heterocycles. The fourth-order valence-electron chi connectivity index (χ4n) is 5.24. The van der Waals surface area contributed by atoms with Crippen LogP contribution in [0.25, 0.3) is 0 Å². The summed E-state index contributed by atoms with van der Waals surface area (Å²) < 4.78 is 5.88. The minimum absolute atomic E-state index is 0.0825. The van der Waals surface area contributed by atoms with Crippen LogP contribution >= 0.6 is 0 Å². The van der Waals surface area contributed by atoms with Crippen molar-refractivity contribution < 1.29 is 14.3 Å². The summed E-state index contributed by atoms with van der Waals surface area (Å²) in [7, 11) is 0. The maximum atomic E-state index is 13.7. The molecule has 1 aliphatic rings. The SMILES string of the molecule is CC(C)COc1ccccc1C(=O)Nc1ccccc1C(=O)N1CCN(C(c2ccccc2)c2ccccc2)CC1. The third-order valence-corrected chi connectivity index (χ3v) is 7.31. The van der Waals surface area contributed by atoms with E-state index in [9.17, 15) is 9.59 Å². The number of para-hydroxylation sites is 2. The van der Waals surface area contributed by atoms with Crippen molar-refractivity contribution in [3.63, 3.8) is 0 Å². The van der Waals surface area contributed by atoms with Gasteiger partial charge in [0.1, 0.15) is 5.75 Å². The van der Waals surface area contributed by atoms with Crippen LogP contribution in [0.3, 0.4) is 0 Å². The molecule has 1 fully saturated rings. The number of ether oxygens (including phenoxy) is 1. The molecule has 0 aliphatic carbocycles. The van der Waals surface area contributed by atoms with Gasteiger partial charge in [0.25, 0.3) is 11.8 Å². The number of amides is 2. The molecule has 2 amide bonds. The number of hydrogen-bond acceptors (Lipinski definition) is 4. The van der Waals surface area contributed by atoms with Crippen molar-refractivity contribution in [2.75, 3.05) is 38.1 Å². The van der Waals surface area contributed by atoms with Crippen LogP contribution in [0.4, 0.5) is 5.69 Å². The second-order valence-electron chi connectivity index (χ2n) is 10.8. The Kier molecular flexibility index (Phi) is 9.12. The second kappa shape index (κ2) is 13.3. The normalized spacial score (nSPS) is 13.8. The number of carbonyl (C=O) groups is 2. The zero-order valence-corrected chi connectivity index (χ0v) is 23.7. The van der Waals surface area contributed by atoms with E-state index in [1.807, 2.05) is 41.3 Å². The highest BCUT2D eigenvalue weighted by molar-refractivity contribution is 6.10. The van der Waals surface area contributed by atoms with Gasteiger partial charge in [-0.15, -0.1) is 0 Å². The Hall–Kier alpha value is -4.42. The van der Waals surface area contributed by atoms with Gasteiger partial charge in [-0.1, -0.05) is 98.8 Å². The van der Waals surface area contributed by atoms with Crippen molar-refractivity contribution in [3.05, 3.63) is 131 Å². The molecule has 1 saturated heterocycles. The van der Waals surface area contributed by atoms with E-state index in [1.165, 1.54) is 11.1 Å². The zero-order chi connectivity index (χ0) is 28.6. The van der Waals surface area contributed by atoms with E-state index in [0.29, 0.717) is 48.2 Å². The molecular formula is C35H37N3O3. The van der Waals surface area contributed by atoms with Crippen molar-refractivity contribution in [1.29, 1.82) is 0 Å². The summed E-state index contributed by atoms with van der Waals surface area (Å²) in [5, 5.41) is 2.97. The number of piperazine rings is 1. The first-order valence-corrected chi connectivity index (χ1v) is 14.3. The Morgan fingerprint density at radius 3 is 1.85 bits per heavy atom. The number of anilines is 1. The number of benzene rings is 4. The van der Waals surface area contributed by atoms with Crippen LogP contribution < -0.4 is 10.1 Å².